The highest BCUT2D eigenvalue weighted by Gasteiger charge is 2.25. The molecule has 5 nitrogen and oxygen atoms in total. The van der Waals surface area contributed by atoms with E-state index in [2.05, 4.69) is 10.4 Å². The zero-order chi connectivity index (χ0) is 15.7. The van der Waals surface area contributed by atoms with Crippen molar-refractivity contribution in [3.63, 3.8) is 0 Å². The summed E-state index contributed by atoms with van der Waals surface area (Å²) in [5.74, 6) is 0.209. The SMILES string of the molecule is Cc1ccc(NC(=O)Cn2nc(C3CC3)ccc2=O)cc1C. The number of rotatable bonds is 4. The monoisotopic (exact) mass is 297 g/mol. The van der Waals surface area contributed by atoms with Crippen LogP contribution in [0.15, 0.2) is 35.1 Å². The predicted octanol–water partition coefficient (Wildman–Crippen LogP) is 2.38. The number of nitrogens with one attached hydrogen (secondary N) is 1. The number of benzene rings is 1. The van der Waals surface area contributed by atoms with E-state index in [1.54, 1.807) is 6.07 Å². The van der Waals surface area contributed by atoms with Gasteiger partial charge >= 0.3 is 0 Å². The van der Waals surface area contributed by atoms with Gasteiger partial charge in [0.15, 0.2) is 0 Å². The van der Waals surface area contributed by atoms with Crippen LogP contribution in [0.3, 0.4) is 0 Å². The van der Waals surface area contributed by atoms with Crippen LogP contribution in [0, 0.1) is 13.8 Å². The molecule has 0 atom stereocenters. The maximum absolute atomic E-state index is 12.1. The average Bonchev–Trinajstić information content (AvgIpc) is 3.30. The molecular formula is C17H19N3O2. The number of hydrogen-bond donors (Lipinski definition) is 1. The van der Waals surface area contributed by atoms with Crippen molar-refractivity contribution in [2.75, 3.05) is 5.32 Å². The first-order valence-corrected chi connectivity index (χ1v) is 7.48. The van der Waals surface area contributed by atoms with Gasteiger partial charge in [0.05, 0.1) is 5.69 Å². The summed E-state index contributed by atoms with van der Waals surface area (Å²) in [7, 11) is 0. The second kappa shape index (κ2) is 5.75. The zero-order valence-corrected chi connectivity index (χ0v) is 12.8. The molecule has 22 heavy (non-hydrogen) atoms. The van der Waals surface area contributed by atoms with E-state index in [1.165, 1.54) is 16.3 Å². The molecule has 0 radical (unpaired) electrons. The van der Waals surface area contributed by atoms with E-state index in [-0.39, 0.29) is 18.0 Å². The first-order valence-electron chi connectivity index (χ1n) is 7.48. The van der Waals surface area contributed by atoms with Gasteiger partial charge in [0.25, 0.3) is 5.56 Å². The third-order valence-corrected chi connectivity index (χ3v) is 3.97. The molecule has 0 bridgehead atoms. The second-order valence-electron chi connectivity index (χ2n) is 5.88. The van der Waals surface area contributed by atoms with Crippen LogP contribution in [0.2, 0.25) is 0 Å². The summed E-state index contributed by atoms with van der Waals surface area (Å²) in [6.07, 6.45) is 2.22. The standard InChI is InChI=1S/C17H19N3O2/c1-11-3-6-14(9-12(11)2)18-16(21)10-20-17(22)8-7-15(19-20)13-4-5-13/h3,6-9,13H,4-5,10H2,1-2H3,(H,18,21). The molecule has 1 aliphatic carbocycles. The Kier molecular flexibility index (Phi) is 3.79. The Morgan fingerprint density at radius 1 is 1.23 bits per heavy atom. The molecule has 1 amide bonds. The maximum Gasteiger partial charge on any atom is 0.267 e. The maximum atomic E-state index is 12.1. The minimum Gasteiger partial charge on any atom is -0.324 e. The van der Waals surface area contributed by atoms with Crippen LogP contribution in [-0.2, 0) is 11.3 Å². The number of carbonyl (C=O) groups is 1. The van der Waals surface area contributed by atoms with Gasteiger partial charge in [-0.1, -0.05) is 6.07 Å². The van der Waals surface area contributed by atoms with Crippen LogP contribution in [0.5, 0.6) is 0 Å². The van der Waals surface area contributed by atoms with E-state index in [9.17, 15) is 9.59 Å². The van der Waals surface area contributed by atoms with Crippen molar-refractivity contribution in [1.82, 2.24) is 9.78 Å². The van der Waals surface area contributed by atoms with Crippen molar-refractivity contribution in [2.45, 2.75) is 39.2 Å². The first-order chi connectivity index (χ1) is 10.5. The largest absolute Gasteiger partial charge is 0.324 e. The first kappa shape index (κ1) is 14.5. The molecule has 3 rings (SSSR count). The quantitative estimate of drug-likeness (QED) is 0.942. The Morgan fingerprint density at radius 2 is 2.00 bits per heavy atom. The second-order valence-corrected chi connectivity index (χ2v) is 5.88. The molecule has 114 valence electrons. The molecule has 0 spiro atoms. The van der Waals surface area contributed by atoms with Gasteiger partial charge in [-0.25, -0.2) is 4.68 Å². The van der Waals surface area contributed by atoms with Crippen LogP contribution >= 0.6 is 0 Å². The normalized spacial score (nSPS) is 13.9. The summed E-state index contributed by atoms with van der Waals surface area (Å²) >= 11 is 0. The smallest absolute Gasteiger partial charge is 0.267 e. The average molecular weight is 297 g/mol. The number of anilines is 1. The summed E-state index contributed by atoms with van der Waals surface area (Å²) in [5.41, 5.74) is 3.68. The fraction of sp³-hybridized carbons (Fsp3) is 0.353. The fourth-order valence-corrected chi connectivity index (χ4v) is 2.33. The minimum atomic E-state index is -0.250. The molecular weight excluding hydrogens is 278 g/mol. The summed E-state index contributed by atoms with van der Waals surface area (Å²) in [6, 6.07) is 8.99. The topological polar surface area (TPSA) is 64.0 Å². The van der Waals surface area contributed by atoms with E-state index in [1.807, 2.05) is 32.0 Å². The van der Waals surface area contributed by atoms with Crippen molar-refractivity contribution in [3.8, 4) is 0 Å². The van der Waals surface area contributed by atoms with E-state index in [0.29, 0.717) is 5.92 Å². The van der Waals surface area contributed by atoms with Gasteiger partial charge in [0.2, 0.25) is 5.91 Å². The molecule has 5 heteroatoms. The summed E-state index contributed by atoms with van der Waals surface area (Å²) in [6.45, 7) is 3.95. The fourth-order valence-electron chi connectivity index (χ4n) is 2.33. The van der Waals surface area contributed by atoms with E-state index in [0.717, 1.165) is 29.8 Å². The Balaban J connectivity index is 1.72. The molecule has 1 fully saturated rings. The summed E-state index contributed by atoms with van der Waals surface area (Å²) in [5, 5.41) is 7.10. The number of carbonyl (C=O) groups excluding carboxylic acids is 1. The minimum absolute atomic E-state index is 0.0632. The lowest BCUT2D eigenvalue weighted by molar-refractivity contribution is -0.117. The number of aromatic nitrogens is 2. The molecule has 1 aromatic carbocycles. The van der Waals surface area contributed by atoms with Crippen LogP contribution in [-0.4, -0.2) is 15.7 Å². The molecule has 2 aromatic rings. The summed E-state index contributed by atoms with van der Waals surface area (Å²) < 4.78 is 1.24. The van der Waals surface area contributed by atoms with Crippen molar-refractivity contribution < 1.29 is 4.79 Å². The number of nitrogens with zero attached hydrogens (tertiary/aromatic N) is 2. The summed E-state index contributed by atoms with van der Waals surface area (Å²) in [4.78, 5) is 23.9. The molecule has 0 aliphatic heterocycles. The lowest BCUT2D eigenvalue weighted by atomic mass is 10.1. The van der Waals surface area contributed by atoms with Gasteiger partial charge < -0.3 is 5.32 Å². The van der Waals surface area contributed by atoms with Crippen LogP contribution in [0.1, 0.15) is 35.6 Å². The molecule has 1 N–H and O–H groups in total. The Labute approximate surface area is 129 Å². The van der Waals surface area contributed by atoms with Crippen LogP contribution in [0.25, 0.3) is 0 Å². The van der Waals surface area contributed by atoms with E-state index < -0.39 is 0 Å². The Morgan fingerprint density at radius 3 is 2.68 bits per heavy atom. The zero-order valence-electron chi connectivity index (χ0n) is 12.8. The van der Waals surface area contributed by atoms with Gasteiger partial charge in [0, 0.05) is 17.7 Å². The highest BCUT2D eigenvalue weighted by atomic mass is 16.2. The van der Waals surface area contributed by atoms with Crippen molar-refractivity contribution in [1.29, 1.82) is 0 Å². The van der Waals surface area contributed by atoms with Gasteiger partial charge in [-0.3, -0.25) is 9.59 Å². The van der Waals surface area contributed by atoms with Crippen molar-refractivity contribution in [3.05, 3.63) is 57.5 Å². The highest BCUT2D eigenvalue weighted by molar-refractivity contribution is 5.90. The number of aryl methyl sites for hydroxylation is 2. The van der Waals surface area contributed by atoms with Gasteiger partial charge in [-0.2, -0.15) is 5.10 Å². The van der Waals surface area contributed by atoms with Gasteiger partial charge in [-0.05, 0) is 56.0 Å². The number of hydrogen-bond acceptors (Lipinski definition) is 3. The lowest BCUT2D eigenvalue weighted by Crippen LogP contribution is -2.29. The Bertz CT molecular complexity index is 776. The lowest BCUT2D eigenvalue weighted by Gasteiger charge is -2.09. The van der Waals surface area contributed by atoms with Crippen molar-refractivity contribution >= 4 is 11.6 Å². The highest BCUT2D eigenvalue weighted by Crippen LogP contribution is 2.38. The van der Waals surface area contributed by atoms with Gasteiger partial charge in [0.1, 0.15) is 6.54 Å². The molecule has 0 saturated heterocycles. The molecule has 1 aliphatic rings. The van der Waals surface area contributed by atoms with E-state index >= 15 is 0 Å². The molecule has 1 heterocycles. The third kappa shape index (κ3) is 3.24. The molecule has 1 saturated carbocycles. The molecule has 0 unspecified atom stereocenters. The Hall–Kier alpha value is -2.43. The third-order valence-electron chi connectivity index (χ3n) is 3.97. The molecule has 1 aromatic heterocycles. The van der Waals surface area contributed by atoms with Crippen molar-refractivity contribution in [2.24, 2.45) is 0 Å². The van der Waals surface area contributed by atoms with E-state index in [4.69, 9.17) is 0 Å². The predicted molar refractivity (Wildman–Crippen MR) is 85.0 cm³/mol. The van der Waals surface area contributed by atoms with Crippen LogP contribution in [0.4, 0.5) is 5.69 Å². The van der Waals surface area contributed by atoms with Crippen LogP contribution < -0.4 is 10.9 Å². The van der Waals surface area contributed by atoms with Gasteiger partial charge in [-0.15, -0.1) is 0 Å². The number of amides is 1.